The molecule has 1 atom stereocenters. The van der Waals surface area contributed by atoms with Crippen molar-refractivity contribution in [2.75, 3.05) is 36.6 Å². The van der Waals surface area contributed by atoms with Crippen molar-refractivity contribution in [3.05, 3.63) is 48.0 Å². The van der Waals surface area contributed by atoms with Gasteiger partial charge in [-0.2, -0.15) is 0 Å². The van der Waals surface area contributed by atoms with E-state index in [0.29, 0.717) is 36.9 Å². The Hall–Kier alpha value is -3.06. The van der Waals surface area contributed by atoms with Gasteiger partial charge in [0.15, 0.2) is 6.61 Å². The Balaban J connectivity index is 1.44. The third-order valence-corrected chi connectivity index (χ3v) is 4.96. The number of nitrogens with one attached hydrogen (secondary N) is 1. The molecule has 1 unspecified atom stereocenters. The van der Waals surface area contributed by atoms with E-state index >= 15 is 0 Å². The Bertz CT molecular complexity index is 908. The highest BCUT2D eigenvalue weighted by Crippen LogP contribution is 2.34. The third-order valence-electron chi connectivity index (χ3n) is 4.96. The standard InChI is InChI=1S/C22H24N2O5/c1-15-4-2-5-17(12-15)27-11-9-24-18-13-16(7-8-19(18)29-14-21(24)25)23-22(26)20-6-3-10-28-20/h2,4-5,7-8,12-13,20H,3,6,9-11,14H2,1H3,(H,23,26). The number of ether oxygens (including phenoxy) is 3. The van der Waals surface area contributed by atoms with Crippen LogP contribution in [0.15, 0.2) is 42.5 Å². The monoisotopic (exact) mass is 396 g/mol. The topological polar surface area (TPSA) is 77.1 Å². The highest BCUT2D eigenvalue weighted by atomic mass is 16.5. The van der Waals surface area contributed by atoms with Crippen LogP contribution < -0.4 is 19.7 Å². The van der Waals surface area contributed by atoms with Crippen LogP contribution in [0.1, 0.15) is 18.4 Å². The summed E-state index contributed by atoms with van der Waals surface area (Å²) in [7, 11) is 0. The number of hydrogen-bond acceptors (Lipinski definition) is 5. The number of carbonyl (C=O) groups is 2. The zero-order valence-corrected chi connectivity index (χ0v) is 16.3. The van der Waals surface area contributed by atoms with Crippen molar-refractivity contribution in [1.29, 1.82) is 0 Å². The Morgan fingerprint density at radius 1 is 1.28 bits per heavy atom. The van der Waals surface area contributed by atoms with E-state index in [1.54, 1.807) is 23.1 Å². The molecule has 0 bridgehead atoms. The fraction of sp³-hybridized carbons (Fsp3) is 0.364. The molecular weight excluding hydrogens is 372 g/mol. The first-order chi connectivity index (χ1) is 14.1. The summed E-state index contributed by atoms with van der Waals surface area (Å²) in [5.74, 6) is 1.06. The van der Waals surface area contributed by atoms with Crippen molar-refractivity contribution in [1.82, 2.24) is 0 Å². The fourth-order valence-electron chi connectivity index (χ4n) is 3.49. The third kappa shape index (κ3) is 4.51. The number of aryl methyl sites for hydroxylation is 1. The summed E-state index contributed by atoms with van der Waals surface area (Å²) in [6.45, 7) is 3.33. The molecular formula is C22H24N2O5. The minimum Gasteiger partial charge on any atom is -0.492 e. The van der Waals surface area contributed by atoms with Crippen molar-refractivity contribution in [2.45, 2.75) is 25.9 Å². The maximum atomic E-state index is 12.4. The normalized spacial score (nSPS) is 18.2. The number of rotatable bonds is 6. The molecule has 0 spiro atoms. The van der Waals surface area contributed by atoms with E-state index in [1.807, 2.05) is 31.2 Å². The Morgan fingerprint density at radius 3 is 2.97 bits per heavy atom. The molecule has 2 aliphatic heterocycles. The van der Waals surface area contributed by atoms with Crippen molar-refractivity contribution in [3.8, 4) is 11.5 Å². The Labute approximate surface area is 169 Å². The van der Waals surface area contributed by atoms with E-state index in [0.717, 1.165) is 24.2 Å². The molecule has 0 aromatic heterocycles. The summed E-state index contributed by atoms with van der Waals surface area (Å²) >= 11 is 0. The fourth-order valence-corrected chi connectivity index (χ4v) is 3.49. The van der Waals surface area contributed by atoms with Gasteiger partial charge in [-0.05, 0) is 55.7 Å². The molecule has 7 nitrogen and oxygen atoms in total. The zero-order valence-electron chi connectivity index (χ0n) is 16.3. The lowest BCUT2D eigenvalue weighted by atomic mass is 10.2. The highest BCUT2D eigenvalue weighted by molar-refractivity contribution is 6.00. The van der Waals surface area contributed by atoms with Gasteiger partial charge >= 0.3 is 0 Å². The average molecular weight is 396 g/mol. The van der Waals surface area contributed by atoms with Gasteiger partial charge in [-0.15, -0.1) is 0 Å². The number of fused-ring (bicyclic) bond motifs is 1. The van der Waals surface area contributed by atoms with Crippen molar-refractivity contribution >= 4 is 23.2 Å². The van der Waals surface area contributed by atoms with E-state index in [4.69, 9.17) is 14.2 Å². The predicted octanol–water partition coefficient (Wildman–Crippen LogP) is 2.92. The quantitative estimate of drug-likeness (QED) is 0.812. The minimum absolute atomic E-state index is 0.0148. The van der Waals surface area contributed by atoms with Crippen molar-refractivity contribution in [2.24, 2.45) is 0 Å². The van der Waals surface area contributed by atoms with Crippen molar-refractivity contribution < 1.29 is 23.8 Å². The van der Waals surface area contributed by atoms with Crippen LogP contribution in [0.2, 0.25) is 0 Å². The number of carbonyl (C=O) groups excluding carboxylic acids is 2. The molecule has 1 N–H and O–H groups in total. The Kier molecular flexibility index (Phi) is 5.67. The smallest absolute Gasteiger partial charge is 0.265 e. The van der Waals surface area contributed by atoms with Gasteiger partial charge in [-0.1, -0.05) is 12.1 Å². The molecule has 2 amide bonds. The molecule has 0 aliphatic carbocycles. The maximum Gasteiger partial charge on any atom is 0.265 e. The number of nitrogens with zero attached hydrogens (tertiary/aromatic N) is 1. The summed E-state index contributed by atoms with van der Waals surface area (Å²) in [6, 6.07) is 13.1. The predicted molar refractivity (Wildman–Crippen MR) is 109 cm³/mol. The molecule has 0 saturated carbocycles. The number of benzene rings is 2. The average Bonchev–Trinajstić information content (AvgIpc) is 3.25. The van der Waals surface area contributed by atoms with Gasteiger partial charge in [0.1, 0.15) is 24.2 Å². The lowest BCUT2D eigenvalue weighted by Crippen LogP contribution is -2.41. The van der Waals surface area contributed by atoms with E-state index in [9.17, 15) is 9.59 Å². The maximum absolute atomic E-state index is 12.4. The molecule has 152 valence electrons. The summed E-state index contributed by atoms with van der Waals surface area (Å²) in [4.78, 5) is 26.4. The molecule has 29 heavy (non-hydrogen) atoms. The van der Waals surface area contributed by atoms with E-state index < -0.39 is 6.10 Å². The van der Waals surface area contributed by atoms with E-state index in [-0.39, 0.29) is 18.4 Å². The molecule has 0 radical (unpaired) electrons. The molecule has 1 saturated heterocycles. The van der Waals surface area contributed by atoms with Gasteiger partial charge in [0, 0.05) is 12.3 Å². The first-order valence-electron chi connectivity index (χ1n) is 9.79. The largest absolute Gasteiger partial charge is 0.492 e. The second-order valence-corrected chi connectivity index (χ2v) is 7.17. The second kappa shape index (κ2) is 8.53. The molecule has 1 fully saturated rings. The van der Waals surface area contributed by atoms with Crippen LogP contribution in [0.5, 0.6) is 11.5 Å². The molecule has 2 aliphatic rings. The number of hydrogen-bond donors (Lipinski definition) is 1. The SMILES string of the molecule is Cc1cccc(OCCN2C(=O)COc3ccc(NC(=O)C4CCCO4)cc32)c1. The first kappa shape index (κ1) is 19.3. The molecule has 4 rings (SSSR count). The summed E-state index contributed by atoms with van der Waals surface area (Å²) in [6.07, 6.45) is 1.20. The Morgan fingerprint density at radius 2 is 2.17 bits per heavy atom. The first-order valence-corrected chi connectivity index (χ1v) is 9.79. The summed E-state index contributed by atoms with van der Waals surface area (Å²) in [5.41, 5.74) is 2.34. The zero-order chi connectivity index (χ0) is 20.2. The van der Waals surface area contributed by atoms with Crippen LogP contribution >= 0.6 is 0 Å². The summed E-state index contributed by atoms with van der Waals surface area (Å²) < 4.78 is 16.8. The lowest BCUT2D eigenvalue weighted by molar-refractivity contribution is -0.124. The van der Waals surface area contributed by atoms with Gasteiger partial charge < -0.3 is 24.4 Å². The van der Waals surface area contributed by atoms with Gasteiger partial charge in [0.05, 0.1) is 12.2 Å². The summed E-state index contributed by atoms with van der Waals surface area (Å²) in [5, 5.41) is 2.87. The molecule has 2 heterocycles. The molecule has 7 heteroatoms. The lowest BCUT2D eigenvalue weighted by Gasteiger charge is -2.29. The van der Waals surface area contributed by atoms with Crippen LogP contribution in [-0.4, -0.2) is 44.3 Å². The van der Waals surface area contributed by atoms with Crippen LogP contribution in [0.25, 0.3) is 0 Å². The molecule has 2 aromatic carbocycles. The van der Waals surface area contributed by atoms with Gasteiger partial charge in [0.2, 0.25) is 0 Å². The van der Waals surface area contributed by atoms with Crippen molar-refractivity contribution in [3.63, 3.8) is 0 Å². The van der Waals surface area contributed by atoms with Crippen LogP contribution in [0.3, 0.4) is 0 Å². The van der Waals surface area contributed by atoms with Crippen LogP contribution in [0.4, 0.5) is 11.4 Å². The van der Waals surface area contributed by atoms with Gasteiger partial charge in [-0.3, -0.25) is 9.59 Å². The second-order valence-electron chi connectivity index (χ2n) is 7.17. The highest BCUT2D eigenvalue weighted by Gasteiger charge is 2.27. The van der Waals surface area contributed by atoms with E-state index in [2.05, 4.69) is 5.32 Å². The minimum atomic E-state index is -0.414. The number of amides is 2. The molecule has 2 aromatic rings. The van der Waals surface area contributed by atoms with Gasteiger partial charge in [0.25, 0.3) is 11.8 Å². The van der Waals surface area contributed by atoms with Gasteiger partial charge in [-0.25, -0.2) is 0 Å². The number of anilines is 2. The van der Waals surface area contributed by atoms with Crippen LogP contribution in [-0.2, 0) is 14.3 Å². The van der Waals surface area contributed by atoms with E-state index in [1.165, 1.54) is 0 Å². The van der Waals surface area contributed by atoms with Crippen LogP contribution in [0, 0.1) is 6.92 Å².